The summed E-state index contributed by atoms with van der Waals surface area (Å²) in [5.41, 5.74) is 3.05. The average molecular weight is 414 g/mol. The largest absolute Gasteiger partial charge is 0.331 e. The third kappa shape index (κ3) is 3.41. The van der Waals surface area contributed by atoms with Crippen LogP contribution in [0.4, 0.5) is 13.2 Å². The van der Waals surface area contributed by atoms with Crippen molar-refractivity contribution in [1.29, 1.82) is 0 Å². The molecule has 158 valence electrons. The summed E-state index contributed by atoms with van der Waals surface area (Å²) in [6.07, 6.45) is 1.32. The first-order valence-corrected chi connectivity index (χ1v) is 10.7. The summed E-state index contributed by atoms with van der Waals surface area (Å²) < 4.78 is 42.4. The van der Waals surface area contributed by atoms with Gasteiger partial charge in [-0.2, -0.15) is 0 Å². The van der Waals surface area contributed by atoms with Crippen LogP contribution in [-0.2, 0) is 11.2 Å². The van der Waals surface area contributed by atoms with Gasteiger partial charge in [0.1, 0.15) is 5.82 Å². The minimum Gasteiger partial charge on any atom is -0.331 e. The number of hydrogen-bond acceptors (Lipinski definition) is 2. The van der Waals surface area contributed by atoms with Gasteiger partial charge >= 0.3 is 0 Å². The van der Waals surface area contributed by atoms with Gasteiger partial charge in [-0.25, -0.2) is 13.2 Å². The molecule has 3 fully saturated rings. The lowest BCUT2D eigenvalue weighted by molar-refractivity contribution is -0.172. The second-order valence-corrected chi connectivity index (χ2v) is 8.85. The van der Waals surface area contributed by atoms with Crippen LogP contribution in [0.15, 0.2) is 48.5 Å². The fourth-order valence-corrected chi connectivity index (χ4v) is 5.61. The number of rotatable bonds is 3. The van der Waals surface area contributed by atoms with E-state index in [0.717, 1.165) is 17.5 Å². The van der Waals surface area contributed by atoms with E-state index in [4.69, 9.17) is 0 Å². The normalized spacial score (nSPS) is 29.5. The smallest absolute Gasteiger partial charge is 0.263 e. The maximum Gasteiger partial charge on any atom is 0.263 e. The predicted molar refractivity (Wildman–Crippen MR) is 108 cm³/mol. The fourth-order valence-electron chi connectivity index (χ4n) is 5.61. The molecule has 3 nitrogen and oxygen atoms in total. The van der Waals surface area contributed by atoms with E-state index >= 15 is 0 Å². The van der Waals surface area contributed by atoms with Crippen LogP contribution in [0.5, 0.6) is 0 Å². The van der Waals surface area contributed by atoms with Crippen LogP contribution < -0.4 is 0 Å². The Balaban J connectivity index is 1.43. The minimum atomic E-state index is -2.72. The van der Waals surface area contributed by atoms with Gasteiger partial charge in [0.2, 0.25) is 5.91 Å². The van der Waals surface area contributed by atoms with E-state index < -0.39 is 11.8 Å². The first-order valence-electron chi connectivity index (χ1n) is 10.7. The number of carbonyl (C=O) groups excluding carboxylic acids is 1. The highest BCUT2D eigenvalue weighted by Crippen LogP contribution is 2.45. The van der Waals surface area contributed by atoms with Crippen molar-refractivity contribution in [3.63, 3.8) is 0 Å². The van der Waals surface area contributed by atoms with Crippen LogP contribution in [0.3, 0.4) is 0 Å². The van der Waals surface area contributed by atoms with Gasteiger partial charge in [-0.15, -0.1) is 0 Å². The number of benzene rings is 2. The van der Waals surface area contributed by atoms with Gasteiger partial charge in [-0.05, 0) is 54.1 Å². The molecule has 0 saturated carbocycles. The molecule has 6 rings (SSSR count). The number of alkyl halides is 2. The van der Waals surface area contributed by atoms with Crippen LogP contribution >= 0.6 is 0 Å². The van der Waals surface area contributed by atoms with E-state index in [9.17, 15) is 18.0 Å². The molecule has 4 aliphatic heterocycles. The SMILES string of the molecule is O=C(C[C@@H]1CN2CCC1C(F)(F)C2)N1CCc2ccccc2[C@@H]1c1ccc(F)cc1. The Kier molecular flexibility index (Phi) is 4.85. The molecule has 4 heterocycles. The molecule has 0 aliphatic carbocycles. The zero-order chi connectivity index (χ0) is 20.9. The lowest BCUT2D eigenvalue weighted by Gasteiger charge is -2.49. The number of halogens is 3. The standard InChI is InChI=1S/C24H25F3N2O/c25-19-7-5-17(6-8-19)23-20-4-2-1-3-16(20)9-12-29(23)22(30)13-18-14-28-11-10-21(18)24(26,27)15-28/h1-8,18,21,23H,9-15H2/t18-,21?,23+/m1/s1. The monoisotopic (exact) mass is 414 g/mol. The number of nitrogens with zero attached hydrogens (tertiary/aromatic N) is 2. The predicted octanol–water partition coefficient (Wildman–Crippen LogP) is 4.28. The Labute approximate surface area is 174 Å². The van der Waals surface area contributed by atoms with E-state index in [-0.39, 0.29) is 36.6 Å². The summed E-state index contributed by atoms with van der Waals surface area (Å²) in [6, 6.07) is 13.9. The molecular weight excluding hydrogens is 389 g/mol. The summed E-state index contributed by atoms with van der Waals surface area (Å²) in [4.78, 5) is 17.0. The fraction of sp³-hybridized carbons (Fsp3) is 0.458. The van der Waals surface area contributed by atoms with Crippen molar-refractivity contribution >= 4 is 5.91 Å². The Morgan fingerprint density at radius 3 is 2.57 bits per heavy atom. The molecule has 2 aromatic rings. The van der Waals surface area contributed by atoms with Crippen molar-refractivity contribution < 1.29 is 18.0 Å². The van der Waals surface area contributed by atoms with Crippen molar-refractivity contribution in [3.8, 4) is 0 Å². The average Bonchev–Trinajstić information content (AvgIpc) is 2.73. The zero-order valence-electron chi connectivity index (χ0n) is 16.7. The molecule has 0 radical (unpaired) electrons. The molecule has 2 bridgehead atoms. The summed E-state index contributed by atoms with van der Waals surface area (Å²) >= 11 is 0. The Bertz CT molecular complexity index is 946. The molecule has 3 saturated heterocycles. The summed E-state index contributed by atoms with van der Waals surface area (Å²) in [6.45, 7) is 1.62. The van der Waals surface area contributed by atoms with Crippen molar-refractivity contribution in [2.24, 2.45) is 11.8 Å². The van der Waals surface area contributed by atoms with Crippen LogP contribution in [0.2, 0.25) is 0 Å². The molecule has 30 heavy (non-hydrogen) atoms. The van der Waals surface area contributed by atoms with Gasteiger partial charge < -0.3 is 4.90 Å². The summed E-state index contributed by atoms with van der Waals surface area (Å²) in [7, 11) is 0. The van der Waals surface area contributed by atoms with Crippen molar-refractivity contribution in [2.45, 2.75) is 31.2 Å². The van der Waals surface area contributed by atoms with Crippen molar-refractivity contribution in [3.05, 3.63) is 71.0 Å². The Hall–Kier alpha value is -2.34. The molecule has 0 aromatic heterocycles. The van der Waals surface area contributed by atoms with E-state index in [1.54, 1.807) is 17.0 Å². The van der Waals surface area contributed by atoms with Gasteiger partial charge in [0.25, 0.3) is 5.92 Å². The van der Waals surface area contributed by atoms with Crippen LogP contribution in [-0.4, -0.2) is 47.8 Å². The third-order valence-corrected chi connectivity index (χ3v) is 7.02. The molecule has 1 amide bonds. The lowest BCUT2D eigenvalue weighted by Crippen LogP contribution is -2.59. The van der Waals surface area contributed by atoms with Crippen LogP contribution in [0.1, 0.15) is 35.6 Å². The molecule has 2 aromatic carbocycles. The highest BCUT2D eigenvalue weighted by molar-refractivity contribution is 5.78. The van der Waals surface area contributed by atoms with Crippen molar-refractivity contribution in [1.82, 2.24) is 9.80 Å². The van der Waals surface area contributed by atoms with Gasteiger partial charge in [0, 0.05) is 25.4 Å². The number of amides is 1. The summed E-state index contributed by atoms with van der Waals surface area (Å²) in [5.74, 6) is -4.16. The topological polar surface area (TPSA) is 23.6 Å². The van der Waals surface area contributed by atoms with Gasteiger partial charge in [-0.3, -0.25) is 9.69 Å². The molecule has 4 atom stereocenters. The number of carbonyl (C=O) groups is 1. The summed E-state index contributed by atoms with van der Waals surface area (Å²) in [5, 5.41) is 0. The highest BCUT2D eigenvalue weighted by Gasteiger charge is 2.53. The van der Waals surface area contributed by atoms with Crippen molar-refractivity contribution in [2.75, 3.05) is 26.2 Å². The molecule has 4 aliphatic rings. The van der Waals surface area contributed by atoms with E-state index in [1.165, 1.54) is 17.7 Å². The maximum absolute atomic E-state index is 14.4. The van der Waals surface area contributed by atoms with E-state index in [0.29, 0.717) is 26.1 Å². The quantitative estimate of drug-likeness (QED) is 0.749. The third-order valence-electron chi connectivity index (χ3n) is 7.02. The second-order valence-electron chi connectivity index (χ2n) is 8.85. The first-order chi connectivity index (χ1) is 14.4. The zero-order valence-corrected chi connectivity index (χ0v) is 16.7. The molecular formula is C24H25F3N2O. The second kappa shape index (κ2) is 7.41. The molecule has 6 heteroatoms. The molecule has 0 N–H and O–H groups in total. The highest BCUT2D eigenvalue weighted by atomic mass is 19.3. The lowest BCUT2D eigenvalue weighted by atomic mass is 9.74. The van der Waals surface area contributed by atoms with Crippen LogP contribution in [0.25, 0.3) is 0 Å². The molecule has 2 unspecified atom stereocenters. The maximum atomic E-state index is 14.4. The van der Waals surface area contributed by atoms with Gasteiger partial charge in [0.15, 0.2) is 0 Å². The Morgan fingerprint density at radius 1 is 1.07 bits per heavy atom. The number of fused-ring (bicyclic) bond motifs is 4. The number of hydrogen-bond donors (Lipinski definition) is 0. The van der Waals surface area contributed by atoms with Crippen LogP contribution in [0, 0.1) is 17.7 Å². The van der Waals surface area contributed by atoms with E-state index in [1.807, 2.05) is 23.1 Å². The first kappa shape index (κ1) is 19.6. The number of piperidine rings is 3. The van der Waals surface area contributed by atoms with Gasteiger partial charge in [-0.1, -0.05) is 36.4 Å². The van der Waals surface area contributed by atoms with Gasteiger partial charge in [0.05, 0.1) is 12.6 Å². The Morgan fingerprint density at radius 2 is 1.83 bits per heavy atom. The molecule has 0 spiro atoms. The van der Waals surface area contributed by atoms with E-state index in [2.05, 4.69) is 6.07 Å². The minimum absolute atomic E-state index is 0.0895.